The number of pyridine rings is 1. The molecule has 1 aliphatic heterocycles. The number of fused-ring (bicyclic) bond motifs is 1. The molecular formula is C23H22N4O4S2. The lowest BCUT2D eigenvalue weighted by atomic mass is 10.2. The molecule has 1 aromatic carbocycles. The van der Waals surface area contributed by atoms with Gasteiger partial charge in [-0.25, -0.2) is 4.98 Å². The van der Waals surface area contributed by atoms with Crippen molar-refractivity contribution in [2.24, 2.45) is 0 Å². The number of nitrogens with one attached hydrogen (secondary N) is 1. The minimum atomic E-state index is -0.315. The molecule has 2 N–H and O–H groups in total. The van der Waals surface area contributed by atoms with Crippen LogP contribution in [0.5, 0.6) is 5.75 Å². The number of benzene rings is 1. The van der Waals surface area contributed by atoms with Crippen LogP contribution in [-0.2, 0) is 11.3 Å². The number of ether oxygens (including phenoxy) is 1. The largest absolute Gasteiger partial charge is 0.497 e. The van der Waals surface area contributed by atoms with Crippen LogP contribution in [0.15, 0.2) is 52.3 Å². The number of thioether (sulfide) groups is 1. The van der Waals surface area contributed by atoms with Crippen LogP contribution in [0.1, 0.15) is 16.7 Å². The van der Waals surface area contributed by atoms with Gasteiger partial charge in [-0.15, -0.1) is 0 Å². The first-order valence-electron chi connectivity index (χ1n) is 10.2. The molecule has 0 aliphatic carbocycles. The Hall–Kier alpha value is -3.21. The standard InChI is InChI=1S/C23H22N4O4S2/c1-14-3-8-19-25-20(24-9-10-28)17(21(29)26(19)12-14)11-18-22(30)27(23(32)33-18)13-15-4-6-16(31-2)7-5-15/h3-8,11-12,24,28H,9-10,13H2,1-2H3. The molecule has 0 saturated carbocycles. The topological polar surface area (TPSA) is 96.2 Å². The van der Waals surface area contributed by atoms with Gasteiger partial charge in [0, 0.05) is 12.7 Å². The molecule has 0 unspecified atom stereocenters. The van der Waals surface area contributed by atoms with E-state index in [4.69, 9.17) is 17.0 Å². The number of aromatic nitrogens is 2. The first-order valence-corrected chi connectivity index (χ1v) is 11.4. The highest BCUT2D eigenvalue weighted by atomic mass is 32.2. The third-order valence-electron chi connectivity index (χ3n) is 5.06. The Morgan fingerprint density at radius 3 is 2.67 bits per heavy atom. The third-order valence-corrected chi connectivity index (χ3v) is 6.44. The normalized spacial score (nSPS) is 15.0. The van der Waals surface area contributed by atoms with Crippen molar-refractivity contribution in [2.45, 2.75) is 13.5 Å². The van der Waals surface area contributed by atoms with Crippen LogP contribution in [0, 0.1) is 6.92 Å². The summed E-state index contributed by atoms with van der Waals surface area (Å²) in [6.07, 6.45) is 3.23. The molecule has 170 valence electrons. The first kappa shape index (κ1) is 23.0. The van der Waals surface area contributed by atoms with Crippen LogP contribution < -0.4 is 15.6 Å². The van der Waals surface area contributed by atoms with Gasteiger partial charge in [0.1, 0.15) is 21.5 Å². The minimum absolute atomic E-state index is 0.127. The number of carbonyl (C=O) groups excluding carboxylic acids is 1. The molecule has 0 radical (unpaired) electrons. The molecule has 0 bridgehead atoms. The summed E-state index contributed by atoms with van der Waals surface area (Å²) in [7, 11) is 1.59. The van der Waals surface area contributed by atoms with E-state index in [1.54, 1.807) is 19.4 Å². The van der Waals surface area contributed by atoms with Crippen molar-refractivity contribution >= 4 is 51.7 Å². The van der Waals surface area contributed by atoms with Gasteiger partial charge in [0.25, 0.3) is 11.5 Å². The molecule has 33 heavy (non-hydrogen) atoms. The Bertz CT molecular complexity index is 1320. The lowest BCUT2D eigenvalue weighted by molar-refractivity contribution is -0.122. The van der Waals surface area contributed by atoms with E-state index in [2.05, 4.69) is 10.3 Å². The summed E-state index contributed by atoms with van der Waals surface area (Å²) < 4.78 is 7.04. The monoisotopic (exact) mass is 482 g/mol. The van der Waals surface area contributed by atoms with Crippen LogP contribution in [0.2, 0.25) is 0 Å². The number of rotatable bonds is 7. The summed E-state index contributed by atoms with van der Waals surface area (Å²) in [4.78, 5) is 32.8. The van der Waals surface area contributed by atoms with Crippen LogP contribution >= 0.6 is 24.0 Å². The van der Waals surface area contributed by atoms with E-state index in [-0.39, 0.29) is 30.2 Å². The molecule has 1 aliphatic rings. The van der Waals surface area contributed by atoms with Gasteiger partial charge in [-0.2, -0.15) is 0 Å². The third kappa shape index (κ3) is 4.77. The summed E-state index contributed by atoms with van der Waals surface area (Å²) >= 11 is 6.59. The van der Waals surface area contributed by atoms with Crippen molar-refractivity contribution in [3.63, 3.8) is 0 Å². The Balaban J connectivity index is 1.70. The van der Waals surface area contributed by atoms with Crippen molar-refractivity contribution in [1.29, 1.82) is 0 Å². The zero-order valence-corrected chi connectivity index (χ0v) is 19.7. The Kier molecular flexibility index (Phi) is 6.77. The van der Waals surface area contributed by atoms with Crippen molar-refractivity contribution in [3.05, 3.63) is 74.5 Å². The summed E-state index contributed by atoms with van der Waals surface area (Å²) in [6.45, 7) is 2.29. The van der Waals surface area contributed by atoms with E-state index in [1.807, 2.05) is 37.3 Å². The molecular weight excluding hydrogens is 460 g/mol. The molecule has 3 aromatic rings. The zero-order valence-electron chi connectivity index (χ0n) is 18.1. The van der Waals surface area contributed by atoms with Crippen molar-refractivity contribution < 1.29 is 14.6 Å². The second kappa shape index (κ2) is 9.74. The van der Waals surface area contributed by atoms with Crippen molar-refractivity contribution in [3.8, 4) is 5.75 Å². The number of methoxy groups -OCH3 is 1. The molecule has 0 atom stereocenters. The Morgan fingerprint density at radius 2 is 1.97 bits per heavy atom. The number of hydrogen-bond acceptors (Lipinski definition) is 8. The van der Waals surface area contributed by atoms with Crippen molar-refractivity contribution in [1.82, 2.24) is 14.3 Å². The summed E-state index contributed by atoms with van der Waals surface area (Å²) in [6, 6.07) is 11.0. The maximum absolute atomic E-state index is 13.3. The molecule has 1 amide bonds. The van der Waals surface area contributed by atoms with Crippen LogP contribution in [-0.4, -0.2) is 49.9 Å². The van der Waals surface area contributed by atoms with E-state index < -0.39 is 0 Å². The number of carbonyl (C=O) groups is 1. The fourth-order valence-corrected chi connectivity index (χ4v) is 4.62. The van der Waals surface area contributed by atoms with E-state index in [0.717, 1.165) is 28.6 Å². The predicted octanol–water partition coefficient (Wildman–Crippen LogP) is 2.82. The summed E-state index contributed by atoms with van der Waals surface area (Å²) in [5, 5.41) is 12.2. The molecule has 8 nitrogen and oxygen atoms in total. The second-order valence-corrected chi connectivity index (χ2v) is 9.06. The smallest absolute Gasteiger partial charge is 0.267 e. The van der Waals surface area contributed by atoms with Crippen LogP contribution in [0.4, 0.5) is 5.82 Å². The number of thiocarbonyl (C=S) groups is 1. The number of aliphatic hydroxyl groups is 1. The molecule has 10 heteroatoms. The summed E-state index contributed by atoms with van der Waals surface area (Å²) in [5.41, 5.74) is 2.19. The van der Waals surface area contributed by atoms with Crippen molar-refractivity contribution in [2.75, 3.05) is 25.6 Å². The Labute approximate surface area is 199 Å². The first-order chi connectivity index (χ1) is 15.9. The van der Waals surface area contributed by atoms with Gasteiger partial charge in [-0.1, -0.05) is 42.2 Å². The molecule has 2 aromatic heterocycles. The predicted molar refractivity (Wildman–Crippen MR) is 133 cm³/mol. The highest BCUT2D eigenvalue weighted by Crippen LogP contribution is 2.34. The lowest BCUT2D eigenvalue weighted by Crippen LogP contribution is -2.27. The average Bonchev–Trinajstić information content (AvgIpc) is 3.08. The van der Waals surface area contributed by atoms with Gasteiger partial charge in [0.15, 0.2) is 0 Å². The van der Waals surface area contributed by atoms with Gasteiger partial charge < -0.3 is 15.2 Å². The average molecular weight is 483 g/mol. The van der Waals surface area contributed by atoms with Gasteiger partial charge in [0.2, 0.25) is 0 Å². The molecule has 4 rings (SSSR count). The molecule has 1 fully saturated rings. The van der Waals surface area contributed by atoms with Gasteiger partial charge in [0.05, 0.1) is 30.7 Å². The van der Waals surface area contributed by atoms with Gasteiger partial charge in [-0.05, 0) is 42.3 Å². The van der Waals surface area contributed by atoms with Crippen LogP contribution in [0.3, 0.4) is 0 Å². The fraction of sp³-hybridized carbons (Fsp3) is 0.217. The quantitative estimate of drug-likeness (QED) is 0.392. The number of anilines is 1. The number of amides is 1. The van der Waals surface area contributed by atoms with Crippen LogP contribution in [0.25, 0.3) is 11.7 Å². The maximum Gasteiger partial charge on any atom is 0.267 e. The zero-order chi connectivity index (χ0) is 23.5. The number of aryl methyl sites for hydroxylation is 1. The van der Waals surface area contributed by atoms with E-state index in [9.17, 15) is 14.7 Å². The highest BCUT2D eigenvalue weighted by molar-refractivity contribution is 8.26. The summed E-state index contributed by atoms with van der Waals surface area (Å²) in [5.74, 6) is 0.757. The fourth-order valence-electron chi connectivity index (χ4n) is 3.38. The van der Waals surface area contributed by atoms with E-state index in [1.165, 1.54) is 15.4 Å². The highest BCUT2D eigenvalue weighted by Gasteiger charge is 2.32. The van der Waals surface area contributed by atoms with E-state index in [0.29, 0.717) is 27.2 Å². The number of hydrogen-bond donors (Lipinski definition) is 2. The molecule has 0 spiro atoms. The number of nitrogens with zero attached hydrogens (tertiary/aromatic N) is 3. The molecule has 3 heterocycles. The Morgan fingerprint density at radius 1 is 1.21 bits per heavy atom. The SMILES string of the molecule is COc1ccc(CN2C(=O)C(=Cc3c(NCCO)nc4ccc(C)cn4c3=O)SC2=S)cc1. The van der Waals surface area contributed by atoms with Gasteiger partial charge in [-0.3, -0.25) is 18.9 Å². The number of aliphatic hydroxyl groups excluding tert-OH is 1. The van der Waals surface area contributed by atoms with E-state index >= 15 is 0 Å². The maximum atomic E-state index is 13.3. The molecule has 1 saturated heterocycles. The van der Waals surface area contributed by atoms with Gasteiger partial charge >= 0.3 is 0 Å². The minimum Gasteiger partial charge on any atom is -0.497 e. The second-order valence-electron chi connectivity index (χ2n) is 7.38. The lowest BCUT2D eigenvalue weighted by Gasteiger charge is -2.14.